The van der Waals surface area contributed by atoms with Crippen LogP contribution in [0.4, 0.5) is 13.2 Å². The summed E-state index contributed by atoms with van der Waals surface area (Å²) in [5.41, 5.74) is 0.316. The zero-order chi connectivity index (χ0) is 21.7. The number of fused-ring (bicyclic) bond motifs is 1. The molecule has 30 heavy (non-hydrogen) atoms. The summed E-state index contributed by atoms with van der Waals surface area (Å²) in [7, 11) is 1.47. The van der Waals surface area contributed by atoms with Crippen LogP contribution in [0.3, 0.4) is 0 Å². The Kier molecular flexibility index (Phi) is 6.36. The number of nitrogens with one attached hydrogen (secondary N) is 1. The zero-order valence-corrected chi connectivity index (χ0v) is 15.9. The second kappa shape index (κ2) is 8.95. The lowest BCUT2D eigenvalue weighted by Gasteiger charge is -2.22. The standard InChI is InChI=1S/C20H18F3N3O4/c1-29-11-10-26(12-17-24-16-5-3-2-4-15(16)18(27)25-17)19(28)13-6-8-14(9-7-13)30-20(21,22)23/h2-9H,10-12H2,1H3,(H,24,25,27). The Hall–Kier alpha value is -3.40. The van der Waals surface area contributed by atoms with E-state index < -0.39 is 18.0 Å². The molecule has 1 heterocycles. The highest BCUT2D eigenvalue weighted by molar-refractivity contribution is 5.94. The fourth-order valence-electron chi connectivity index (χ4n) is 2.83. The summed E-state index contributed by atoms with van der Waals surface area (Å²) in [5, 5.41) is 0.427. The summed E-state index contributed by atoms with van der Waals surface area (Å²) < 4.78 is 45.8. The number of methoxy groups -OCH3 is 1. The van der Waals surface area contributed by atoms with Crippen LogP contribution >= 0.6 is 0 Å². The van der Waals surface area contributed by atoms with Crippen LogP contribution in [0.15, 0.2) is 53.3 Å². The van der Waals surface area contributed by atoms with Gasteiger partial charge < -0.3 is 19.4 Å². The van der Waals surface area contributed by atoms with Gasteiger partial charge in [0.05, 0.1) is 24.1 Å². The van der Waals surface area contributed by atoms with E-state index in [1.807, 2.05) is 0 Å². The Morgan fingerprint density at radius 2 is 1.83 bits per heavy atom. The molecule has 1 N–H and O–H groups in total. The number of carbonyl (C=O) groups is 1. The number of ether oxygens (including phenoxy) is 2. The first-order valence-corrected chi connectivity index (χ1v) is 8.89. The van der Waals surface area contributed by atoms with Gasteiger partial charge in [-0.15, -0.1) is 13.2 Å². The van der Waals surface area contributed by atoms with E-state index in [1.165, 1.54) is 24.1 Å². The Morgan fingerprint density at radius 3 is 2.50 bits per heavy atom. The topological polar surface area (TPSA) is 84.5 Å². The first-order chi connectivity index (χ1) is 14.3. The number of para-hydroxylation sites is 1. The summed E-state index contributed by atoms with van der Waals surface area (Å²) in [6.45, 7) is 0.397. The molecule has 0 bridgehead atoms. The predicted molar refractivity (Wildman–Crippen MR) is 102 cm³/mol. The van der Waals surface area contributed by atoms with E-state index in [4.69, 9.17) is 4.74 Å². The quantitative estimate of drug-likeness (QED) is 0.634. The minimum Gasteiger partial charge on any atom is -0.406 e. The van der Waals surface area contributed by atoms with Crippen LogP contribution < -0.4 is 10.3 Å². The number of hydrogen-bond acceptors (Lipinski definition) is 5. The number of hydrogen-bond donors (Lipinski definition) is 1. The second-order valence-corrected chi connectivity index (χ2v) is 6.32. The van der Waals surface area contributed by atoms with Gasteiger partial charge in [-0.2, -0.15) is 0 Å². The molecule has 10 heteroatoms. The van der Waals surface area contributed by atoms with Gasteiger partial charge in [-0.25, -0.2) is 4.98 Å². The van der Waals surface area contributed by atoms with Gasteiger partial charge in [-0.3, -0.25) is 9.59 Å². The largest absolute Gasteiger partial charge is 0.573 e. The number of amides is 1. The van der Waals surface area contributed by atoms with Crippen molar-refractivity contribution in [1.82, 2.24) is 14.9 Å². The van der Waals surface area contributed by atoms with E-state index in [0.717, 1.165) is 12.1 Å². The van der Waals surface area contributed by atoms with Gasteiger partial charge in [0.15, 0.2) is 0 Å². The Balaban J connectivity index is 1.83. The van der Waals surface area contributed by atoms with Crippen molar-refractivity contribution in [2.24, 2.45) is 0 Å². The fourth-order valence-corrected chi connectivity index (χ4v) is 2.83. The van der Waals surface area contributed by atoms with Crippen LogP contribution in [0.1, 0.15) is 16.2 Å². The third-order valence-electron chi connectivity index (χ3n) is 4.19. The smallest absolute Gasteiger partial charge is 0.406 e. The summed E-state index contributed by atoms with van der Waals surface area (Å²) in [5.74, 6) is -0.607. The molecule has 0 spiro atoms. The third kappa shape index (κ3) is 5.35. The highest BCUT2D eigenvalue weighted by atomic mass is 19.4. The van der Waals surface area contributed by atoms with Crippen LogP contribution in [-0.4, -0.2) is 47.4 Å². The average Bonchev–Trinajstić information content (AvgIpc) is 2.70. The van der Waals surface area contributed by atoms with E-state index in [9.17, 15) is 22.8 Å². The molecule has 2 aromatic carbocycles. The molecule has 0 aliphatic heterocycles. The molecular formula is C20H18F3N3O4. The van der Waals surface area contributed by atoms with Crippen LogP contribution in [0, 0.1) is 0 Å². The van der Waals surface area contributed by atoms with Crippen molar-refractivity contribution in [3.63, 3.8) is 0 Å². The van der Waals surface area contributed by atoms with Crippen molar-refractivity contribution in [3.8, 4) is 5.75 Å². The lowest BCUT2D eigenvalue weighted by atomic mass is 10.2. The van der Waals surface area contributed by atoms with Crippen LogP contribution in [-0.2, 0) is 11.3 Å². The maximum Gasteiger partial charge on any atom is 0.573 e. The van der Waals surface area contributed by atoms with Crippen molar-refractivity contribution in [3.05, 3.63) is 70.3 Å². The molecule has 0 fully saturated rings. The number of H-pyrrole nitrogens is 1. The normalized spacial score (nSPS) is 11.5. The zero-order valence-electron chi connectivity index (χ0n) is 15.9. The summed E-state index contributed by atoms with van der Waals surface area (Å²) in [4.78, 5) is 33.6. The van der Waals surface area contributed by atoms with Crippen molar-refractivity contribution in [1.29, 1.82) is 0 Å². The van der Waals surface area contributed by atoms with Crippen LogP contribution in [0.2, 0.25) is 0 Å². The molecule has 0 atom stereocenters. The van der Waals surface area contributed by atoms with Crippen molar-refractivity contribution < 1.29 is 27.4 Å². The maximum atomic E-state index is 12.9. The highest BCUT2D eigenvalue weighted by Gasteiger charge is 2.31. The molecule has 158 valence electrons. The molecule has 0 unspecified atom stereocenters. The molecular weight excluding hydrogens is 403 g/mol. The van der Waals surface area contributed by atoms with E-state index >= 15 is 0 Å². The minimum atomic E-state index is -4.82. The van der Waals surface area contributed by atoms with E-state index in [0.29, 0.717) is 10.9 Å². The predicted octanol–water partition coefficient (Wildman–Crippen LogP) is 3.11. The first kappa shape index (κ1) is 21.3. The summed E-state index contributed by atoms with van der Waals surface area (Å²) in [6, 6.07) is 11.4. The van der Waals surface area contributed by atoms with Crippen molar-refractivity contribution in [2.45, 2.75) is 12.9 Å². The molecule has 1 aromatic heterocycles. The van der Waals surface area contributed by atoms with E-state index in [-0.39, 0.29) is 36.6 Å². The molecule has 0 radical (unpaired) electrons. The van der Waals surface area contributed by atoms with E-state index in [1.54, 1.807) is 24.3 Å². The highest BCUT2D eigenvalue weighted by Crippen LogP contribution is 2.23. The monoisotopic (exact) mass is 421 g/mol. The Bertz CT molecular complexity index is 1080. The third-order valence-corrected chi connectivity index (χ3v) is 4.19. The van der Waals surface area contributed by atoms with Gasteiger partial charge in [-0.05, 0) is 36.4 Å². The fraction of sp³-hybridized carbons (Fsp3) is 0.250. The molecule has 0 aliphatic rings. The van der Waals surface area contributed by atoms with E-state index in [2.05, 4.69) is 14.7 Å². The first-order valence-electron chi connectivity index (χ1n) is 8.89. The second-order valence-electron chi connectivity index (χ2n) is 6.32. The molecule has 7 nitrogen and oxygen atoms in total. The van der Waals surface area contributed by atoms with Crippen molar-refractivity contribution >= 4 is 16.8 Å². The molecule has 0 saturated heterocycles. The molecule has 1 amide bonds. The number of aromatic amines is 1. The molecule has 3 rings (SSSR count). The number of benzene rings is 2. The minimum absolute atomic E-state index is 0.0108. The number of aromatic nitrogens is 2. The number of alkyl halides is 3. The molecule has 0 aliphatic carbocycles. The number of rotatable bonds is 7. The Labute approximate surface area is 169 Å². The lowest BCUT2D eigenvalue weighted by Crippen LogP contribution is -2.34. The van der Waals surface area contributed by atoms with Crippen LogP contribution in [0.5, 0.6) is 5.75 Å². The average molecular weight is 421 g/mol. The molecule has 3 aromatic rings. The number of halogens is 3. The van der Waals surface area contributed by atoms with Gasteiger partial charge in [-0.1, -0.05) is 12.1 Å². The van der Waals surface area contributed by atoms with Gasteiger partial charge in [0.25, 0.3) is 11.5 Å². The summed E-state index contributed by atoms with van der Waals surface area (Å²) in [6.07, 6.45) is -4.82. The van der Waals surface area contributed by atoms with Gasteiger partial charge in [0, 0.05) is 19.2 Å². The SMILES string of the molecule is COCCN(Cc1nc2ccccc2c(=O)[nH]1)C(=O)c1ccc(OC(F)(F)F)cc1. The maximum absolute atomic E-state index is 12.9. The van der Waals surface area contributed by atoms with Crippen LogP contribution in [0.25, 0.3) is 10.9 Å². The number of nitrogens with zero attached hydrogens (tertiary/aromatic N) is 2. The number of carbonyl (C=O) groups excluding carboxylic acids is 1. The van der Waals surface area contributed by atoms with Gasteiger partial charge in [0.2, 0.25) is 0 Å². The van der Waals surface area contributed by atoms with Gasteiger partial charge >= 0.3 is 6.36 Å². The van der Waals surface area contributed by atoms with Gasteiger partial charge in [0.1, 0.15) is 11.6 Å². The summed E-state index contributed by atoms with van der Waals surface area (Å²) >= 11 is 0. The molecule has 0 saturated carbocycles. The Morgan fingerprint density at radius 1 is 1.13 bits per heavy atom. The lowest BCUT2D eigenvalue weighted by molar-refractivity contribution is -0.274. The van der Waals surface area contributed by atoms with Crippen molar-refractivity contribution in [2.75, 3.05) is 20.3 Å².